The molecule has 0 aliphatic heterocycles. The Hall–Kier alpha value is -1.35. The molecular formula is C11H11ClN2O. The van der Waals surface area contributed by atoms with Crippen molar-refractivity contribution >= 4 is 11.6 Å². The van der Waals surface area contributed by atoms with E-state index in [0.717, 1.165) is 5.56 Å². The summed E-state index contributed by atoms with van der Waals surface area (Å²) in [5, 5.41) is 7.55. The van der Waals surface area contributed by atoms with Crippen molar-refractivity contribution in [3.8, 4) is 11.5 Å². The minimum atomic E-state index is -0.253. The molecule has 0 N–H and O–H groups in total. The molecule has 0 spiro atoms. The van der Waals surface area contributed by atoms with Gasteiger partial charge in [0.2, 0.25) is 11.8 Å². The third kappa shape index (κ3) is 2.18. The zero-order chi connectivity index (χ0) is 10.8. The third-order valence-corrected chi connectivity index (χ3v) is 2.27. The summed E-state index contributed by atoms with van der Waals surface area (Å²) in [4.78, 5) is 0. The van der Waals surface area contributed by atoms with E-state index in [1.165, 1.54) is 5.56 Å². The molecule has 0 amide bonds. The van der Waals surface area contributed by atoms with E-state index in [-0.39, 0.29) is 5.38 Å². The van der Waals surface area contributed by atoms with Crippen LogP contribution in [0.5, 0.6) is 0 Å². The summed E-state index contributed by atoms with van der Waals surface area (Å²) in [6.07, 6.45) is 0. The summed E-state index contributed by atoms with van der Waals surface area (Å²) in [5.41, 5.74) is 2.11. The molecule has 1 heterocycles. The van der Waals surface area contributed by atoms with Crippen LogP contribution in [0, 0.1) is 6.92 Å². The molecule has 1 atom stereocenters. The minimum absolute atomic E-state index is 0.253. The zero-order valence-electron chi connectivity index (χ0n) is 8.57. The molecule has 0 aliphatic rings. The van der Waals surface area contributed by atoms with E-state index < -0.39 is 0 Å². The zero-order valence-corrected chi connectivity index (χ0v) is 9.32. The molecular weight excluding hydrogens is 212 g/mol. The Morgan fingerprint density at radius 2 is 1.87 bits per heavy atom. The van der Waals surface area contributed by atoms with E-state index in [4.69, 9.17) is 16.0 Å². The predicted molar refractivity (Wildman–Crippen MR) is 58.7 cm³/mol. The molecule has 15 heavy (non-hydrogen) atoms. The van der Waals surface area contributed by atoms with Crippen molar-refractivity contribution in [2.75, 3.05) is 0 Å². The van der Waals surface area contributed by atoms with Crippen LogP contribution in [-0.2, 0) is 0 Å². The summed E-state index contributed by atoms with van der Waals surface area (Å²) >= 11 is 5.83. The van der Waals surface area contributed by atoms with Gasteiger partial charge in [0.25, 0.3) is 0 Å². The van der Waals surface area contributed by atoms with Gasteiger partial charge in [0, 0.05) is 5.56 Å². The molecule has 0 bridgehead atoms. The van der Waals surface area contributed by atoms with E-state index in [2.05, 4.69) is 10.2 Å². The highest BCUT2D eigenvalue weighted by Gasteiger charge is 2.11. The van der Waals surface area contributed by atoms with Crippen molar-refractivity contribution in [3.05, 3.63) is 35.7 Å². The summed E-state index contributed by atoms with van der Waals surface area (Å²) < 4.78 is 5.42. The Morgan fingerprint density at radius 1 is 1.20 bits per heavy atom. The van der Waals surface area contributed by atoms with Gasteiger partial charge in [-0.15, -0.1) is 21.8 Å². The Labute approximate surface area is 93.1 Å². The number of nitrogens with zero attached hydrogens (tertiary/aromatic N) is 2. The first-order valence-electron chi connectivity index (χ1n) is 4.71. The van der Waals surface area contributed by atoms with Gasteiger partial charge >= 0.3 is 0 Å². The van der Waals surface area contributed by atoms with Gasteiger partial charge in [0.05, 0.1) is 0 Å². The third-order valence-electron chi connectivity index (χ3n) is 2.08. The highest BCUT2D eigenvalue weighted by molar-refractivity contribution is 6.20. The molecule has 2 aromatic rings. The van der Waals surface area contributed by atoms with Gasteiger partial charge in [-0.1, -0.05) is 17.7 Å². The fourth-order valence-corrected chi connectivity index (χ4v) is 1.30. The fraction of sp³-hybridized carbons (Fsp3) is 0.273. The predicted octanol–water partition coefficient (Wildman–Crippen LogP) is 3.34. The minimum Gasteiger partial charge on any atom is -0.419 e. The van der Waals surface area contributed by atoms with E-state index in [1.807, 2.05) is 31.2 Å². The Balaban J connectivity index is 2.33. The molecule has 4 heteroatoms. The lowest BCUT2D eigenvalue weighted by molar-refractivity contribution is 0.507. The molecule has 1 unspecified atom stereocenters. The SMILES string of the molecule is Cc1ccc(-c2nnc(C(C)Cl)o2)cc1. The number of rotatable bonds is 2. The number of halogens is 1. The lowest BCUT2D eigenvalue weighted by Gasteiger charge is -1.95. The second-order valence-corrected chi connectivity index (χ2v) is 4.08. The maximum absolute atomic E-state index is 5.83. The molecule has 2 rings (SSSR count). The summed E-state index contributed by atoms with van der Waals surface area (Å²) in [5.74, 6) is 0.963. The summed E-state index contributed by atoms with van der Waals surface area (Å²) in [6, 6.07) is 7.91. The highest BCUT2D eigenvalue weighted by Crippen LogP contribution is 2.23. The molecule has 3 nitrogen and oxygen atoms in total. The summed E-state index contributed by atoms with van der Waals surface area (Å²) in [7, 11) is 0. The largest absolute Gasteiger partial charge is 0.419 e. The van der Waals surface area contributed by atoms with Gasteiger partial charge in [0.15, 0.2) is 0 Å². The van der Waals surface area contributed by atoms with Crippen LogP contribution in [0.25, 0.3) is 11.5 Å². The van der Waals surface area contributed by atoms with Crippen LogP contribution in [0.1, 0.15) is 23.8 Å². The number of aromatic nitrogens is 2. The Bertz CT molecular complexity index is 448. The van der Waals surface area contributed by atoms with E-state index in [9.17, 15) is 0 Å². The fourth-order valence-electron chi connectivity index (χ4n) is 1.21. The van der Waals surface area contributed by atoms with Crippen LogP contribution >= 0.6 is 11.6 Å². The van der Waals surface area contributed by atoms with Crippen LogP contribution < -0.4 is 0 Å². The van der Waals surface area contributed by atoms with Gasteiger partial charge in [-0.3, -0.25) is 0 Å². The monoisotopic (exact) mass is 222 g/mol. The number of aryl methyl sites for hydroxylation is 1. The van der Waals surface area contributed by atoms with Crippen LogP contribution in [0.2, 0.25) is 0 Å². The van der Waals surface area contributed by atoms with Gasteiger partial charge < -0.3 is 4.42 Å². The van der Waals surface area contributed by atoms with Crippen LogP contribution in [0.4, 0.5) is 0 Å². The first kappa shape index (κ1) is 10.2. The van der Waals surface area contributed by atoms with E-state index in [1.54, 1.807) is 6.92 Å². The molecule has 1 aromatic heterocycles. The van der Waals surface area contributed by atoms with E-state index in [0.29, 0.717) is 11.8 Å². The van der Waals surface area contributed by atoms with Crippen molar-refractivity contribution in [2.24, 2.45) is 0 Å². The number of benzene rings is 1. The first-order chi connectivity index (χ1) is 7.16. The quantitative estimate of drug-likeness (QED) is 0.732. The van der Waals surface area contributed by atoms with Crippen molar-refractivity contribution in [1.29, 1.82) is 0 Å². The average molecular weight is 223 g/mol. The Morgan fingerprint density at radius 3 is 2.40 bits per heavy atom. The second-order valence-electron chi connectivity index (χ2n) is 3.43. The van der Waals surface area contributed by atoms with E-state index >= 15 is 0 Å². The smallest absolute Gasteiger partial charge is 0.247 e. The van der Waals surface area contributed by atoms with Gasteiger partial charge in [-0.05, 0) is 26.0 Å². The van der Waals surface area contributed by atoms with Gasteiger partial charge in [0.1, 0.15) is 5.38 Å². The molecule has 0 radical (unpaired) electrons. The van der Waals surface area contributed by atoms with Crippen molar-refractivity contribution in [3.63, 3.8) is 0 Å². The average Bonchev–Trinajstić information content (AvgIpc) is 2.68. The highest BCUT2D eigenvalue weighted by atomic mass is 35.5. The van der Waals surface area contributed by atoms with Gasteiger partial charge in [-0.2, -0.15) is 0 Å². The van der Waals surface area contributed by atoms with Crippen molar-refractivity contribution in [2.45, 2.75) is 19.2 Å². The molecule has 78 valence electrons. The van der Waals surface area contributed by atoms with Crippen molar-refractivity contribution in [1.82, 2.24) is 10.2 Å². The molecule has 0 fully saturated rings. The second kappa shape index (κ2) is 4.03. The number of hydrogen-bond acceptors (Lipinski definition) is 3. The summed E-state index contributed by atoms with van der Waals surface area (Å²) in [6.45, 7) is 3.83. The lowest BCUT2D eigenvalue weighted by Crippen LogP contribution is -1.81. The van der Waals surface area contributed by atoms with Crippen LogP contribution in [-0.4, -0.2) is 10.2 Å². The maximum atomic E-state index is 5.83. The standard InChI is InChI=1S/C11H11ClN2O/c1-7-3-5-9(6-4-7)11-14-13-10(15-11)8(2)12/h3-6,8H,1-2H3. The molecule has 0 aliphatic carbocycles. The maximum Gasteiger partial charge on any atom is 0.247 e. The molecule has 0 saturated heterocycles. The number of alkyl halides is 1. The normalized spacial score (nSPS) is 12.7. The molecule has 0 saturated carbocycles. The van der Waals surface area contributed by atoms with Crippen LogP contribution in [0.3, 0.4) is 0 Å². The topological polar surface area (TPSA) is 38.9 Å². The van der Waals surface area contributed by atoms with Crippen LogP contribution in [0.15, 0.2) is 28.7 Å². The Kier molecular flexibility index (Phi) is 2.73. The van der Waals surface area contributed by atoms with Crippen molar-refractivity contribution < 1.29 is 4.42 Å². The van der Waals surface area contributed by atoms with Gasteiger partial charge in [-0.25, -0.2) is 0 Å². The lowest BCUT2D eigenvalue weighted by atomic mass is 10.1. The first-order valence-corrected chi connectivity index (χ1v) is 5.15. The molecule has 1 aromatic carbocycles. The number of hydrogen-bond donors (Lipinski definition) is 0.